The third-order valence-corrected chi connectivity index (χ3v) is 2.93. The van der Waals surface area contributed by atoms with Gasteiger partial charge >= 0.3 is 0 Å². The lowest BCUT2D eigenvalue weighted by Gasteiger charge is -2.24. The van der Waals surface area contributed by atoms with Crippen molar-refractivity contribution in [2.45, 2.75) is 19.3 Å². The fourth-order valence-electron chi connectivity index (χ4n) is 1.51. The van der Waals surface area contributed by atoms with Gasteiger partial charge in [-0.3, -0.25) is 4.79 Å². The zero-order valence-electron chi connectivity index (χ0n) is 8.16. The predicted octanol–water partition coefficient (Wildman–Crippen LogP) is 2.78. The molecule has 15 heavy (non-hydrogen) atoms. The fourth-order valence-corrected chi connectivity index (χ4v) is 1.69. The van der Waals surface area contributed by atoms with Gasteiger partial charge < -0.3 is 10.4 Å². The quantitative estimate of drug-likeness (QED) is 0.761. The van der Waals surface area contributed by atoms with Crippen LogP contribution in [-0.2, 0) is 4.79 Å². The summed E-state index contributed by atoms with van der Waals surface area (Å²) in [6.45, 7) is 0. The highest BCUT2D eigenvalue weighted by Gasteiger charge is 2.25. The summed E-state index contributed by atoms with van der Waals surface area (Å²) >= 11 is 5.77. The molecule has 0 bridgehead atoms. The van der Waals surface area contributed by atoms with Gasteiger partial charge in [0, 0.05) is 10.9 Å². The van der Waals surface area contributed by atoms with Crippen LogP contribution in [0.15, 0.2) is 18.2 Å². The largest absolute Gasteiger partial charge is 0.506 e. The molecule has 0 aromatic heterocycles. The van der Waals surface area contributed by atoms with Gasteiger partial charge in [-0.1, -0.05) is 18.0 Å². The maximum absolute atomic E-state index is 11.6. The standard InChI is InChI=1S/C11H12ClNO2/c12-8-4-5-10(14)9(6-8)13-11(15)7-2-1-3-7/h4-7,14H,1-3H2,(H,13,15). The van der Waals surface area contributed by atoms with Gasteiger partial charge in [-0.05, 0) is 31.0 Å². The number of benzene rings is 1. The minimum atomic E-state index is -0.0289. The Morgan fingerprint density at radius 3 is 2.80 bits per heavy atom. The molecule has 1 aromatic carbocycles. The topological polar surface area (TPSA) is 49.3 Å². The molecule has 1 saturated carbocycles. The molecule has 2 rings (SSSR count). The Bertz CT molecular complexity index is 388. The minimum Gasteiger partial charge on any atom is -0.506 e. The molecule has 1 aromatic rings. The van der Waals surface area contributed by atoms with Crippen molar-refractivity contribution >= 4 is 23.2 Å². The van der Waals surface area contributed by atoms with Crippen molar-refractivity contribution < 1.29 is 9.90 Å². The number of aromatic hydroxyl groups is 1. The average molecular weight is 226 g/mol. The summed E-state index contributed by atoms with van der Waals surface area (Å²) in [5, 5.41) is 12.7. The molecule has 0 atom stereocenters. The Morgan fingerprint density at radius 1 is 1.47 bits per heavy atom. The van der Waals surface area contributed by atoms with Crippen LogP contribution in [-0.4, -0.2) is 11.0 Å². The third kappa shape index (κ3) is 2.23. The molecule has 0 radical (unpaired) electrons. The highest BCUT2D eigenvalue weighted by molar-refractivity contribution is 6.31. The van der Waals surface area contributed by atoms with E-state index in [1.807, 2.05) is 0 Å². The van der Waals surface area contributed by atoms with E-state index in [1.54, 1.807) is 12.1 Å². The summed E-state index contributed by atoms with van der Waals surface area (Å²) in [5.41, 5.74) is 0.388. The van der Waals surface area contributed by atoms with Crippen LogP contribution in [0, 0.1) is 5.92 Å². The molecule has 0 aliphatic heterocycles. The van der Waals surface area contributed by atoms with Crippen LogP contribution in [0.3, 0.4) is 0 Å². The number of rotatable bonds is 2. The van der Waals surface area contributed by atoms with Crippen molar-refractivity contribution in [1.82, 2.24) is 0 Å². The maximum Gasteiger partial charge on any atom is 0.227 e. The van der Waals surface area contributed by atoms with E-state index >= 15 is 0 Å². The highest BCUT2D eigenvalue weighted by Crippen LogP contribution is 2.31. The van der Waals surface area contributed by atoms with Gasteiger partial charge in [-0.2, -0.15) is 0 Å². The molecule has 4 heteroatoms. The van der Waals surface area contributed by atoms with Crippen LogP contribution >= 0.6 is 11.6 Å². The van der Waals surface area contributed by atoms with E-state index in [2.05, 4.69) is 5.32 Å². The number of halogens is 1. The molecular weight excluding hydrogens is 214 g/mol. The minimum absolute atomic E-state index is 0.0289. The predicted molar refractivity (Wildman–Crippen MR) is 59.1 cm³/mol. The second-order valence-corrected chi connectivity index (χ2v) is 4.21. The second kappa shape index (κ2) is 4.11. The number of anilines is 1. The number of amides is 1. The Morgan fingerprint density at radius 2 is 2.20 bits per heavy atom. The first-order chi connectivity index (χ1) is 7.16. The molecule has 1 aliphatic rings. The molecule has 0 saturated heterocycles. The normalized spacial score (nSPS) is 15.8. The van der Waals surface area contributed by atoms with E-state index in [0.29, 0.717) is 10.7 Å². The van der Waals surface area contributed by atoms with Gasteiger partial charge in [0.05, 0.1) is 5.69 Å². The Kier molecular flexibility index (Phi) is 2.82. The van der Waals surface area contributed by atoms with E-state index in [9.17, 15) is 9.90 Å². The molecule has 3 nitrogen and oxygen atoms in total. The van der Waals surface area contributed by atoms with Gasteiger partial charge in [0.1, 0.15) is 5.75 Å². The highest BCUT2D eigenvalue weighted by atomic mass is 35.5. The van der Waals surface area contributed by atoms with Crippen molar-refractivity contribution in [3.8, 4) is 5.75 Å². The molecule has 0 spiro atoms. The first-order valence-corrected chi connectivity index (χ1v) is 5.34. The van der Waals surface area contributed by atoms with Crippen LogP contribution in [0.5, 0.6) is 5.75 Å². The number of phenols is 1. The summed E-state index contributed by atoms with van der Waals surface area (Å²) in [6, 6.07) is 4.60. The van der Waals surface area contributed by atoms with Crippen molar-refractivity contribution in [2.24, 2.45) is 5.92 Å². The van der Waals surface area contributed by atoms with Gasteiger partial charge in [0.25, 0.3) is 0 Å². The molecule has 80 valence electrons. The van der Waals surface area contributed by atoms with Crippen LogP contribution in [0.25, 0.3) is 0 Å². The van der Waals surface area contributed by atoms with Gasteiger partial charge in [0.2, 0.25) is 5.91 Å². The van der Waals surface area contributed by atoms with Crippen LogP contribution in [0.4, 0.5) is 5.69 Å². The molecule has 0 heterocycles. The molecule has 1 aliphatic carbocycles. The van der Waals surface area contributed by atoms with E-state index in [4.69, 9.17) is 11.6 Å². The van der Waals surface area contributed by atoms with E-state index in [-0.39, 0.29) is 17.6 Å². The van der Waals surface area contributed by atoms with Crippen LogP contribution < -0.4 is 5.32 Å². The van der Waals surface area contributed by atoms with Crippen molar-refractivity contribution in [3.05, 3.63) is 23.2 Å². The fraction of sp³-hybridized carbons (Fsp3) is 0.364. The number of hydrogen-bond acceptors (Lipinski definition) is 2. The number of carbonyl (C=O) groups excluding carboxylic acids is 1. The maximum atomic E-state index is 11.6. The van der Waals surface area contributed by atoms with Crippen LogP contribution in [0.2, 0.25) is 5.02 Å². The summed E-state index contributed by atoms with van der Waals surface area (Å²) in [7, 11) is 0. The lowest BCUT2D eigenvalue weighted by Crippen LogP contribution is -2.28. The lowest BCUT2D eigenvalue weighted by molar-refractivity contribution is -0.122. The smallest absolute Gasteiger partial charge is 0.227 e. The Labute approximate surface area is 93.1 Å². The van der Waals surface area contributed by atoms with E-state index in [1.165, 1.54) is 6.07 Å². The van der Waals surface area contributed by atoms with Crippen molar-refractivity contribution in [3.63, 3.8) is 0 Å². The second-order valence-electron chi connectivity index (χ2n) is 3.78. The average Bonchev–Trinajstić information content (AvgIpc) is 2.08. The zero-order valence-corrected chi connectivity index (χ0v) is 8.92. The summed E-state index contributed by atoms with van der Waals surface area (Å²) < 4.78 is 0. The summed E-state index contributed by atoms with van der Waals surface area (Å²) in [4.78, 5) is 11.6. The van der Waals surface area contributed by atoms with Gasteiger partial charge in [0.15, 0.2) is 0 Å². The van der Waals surface area contributed by atoms with E-state index < -0.39 is 0 Å². The van der Waals surface area contributed by atoms with Crippen molar-refractivity contribution in [2.75, 3.05) is 5.32 Å². The van der Waals surface area contributed by atoms with E-state index in [0.717, 1.165) is 19.3 Å². The van der Waals surface area contributed by atoms with Crippen molar-refractivity contribution in [1.29, 1.82) is 0 Å². The number of hydrogen-bond donors (Lipinski definition) is 2. The summed E-state index contributed by atoms with van der Waals surface area (Å²) in [5.74, 6) is 0.120. The number of nitrogens with one attached hydrogen (secondary N) is 1. The number of phenolic OH excluding ortho intramolecular Hbond substituents is 1. The molecule has 1 amide bonds. The summed E-state index contributed by atoms with van der Waals surface area (Å²) in [6.07, 6.45) is 2.99. The SMILES string of the molecule is O=C(Nc1cc(Cl)ccc1O)C1CCC1. The van der Waals surface area contributed by atoms with Crippen LogP contribution in [0.1, 0.15) is 19.3 Å². The van der Waals surface area contributed by atoms with Gasteiger partial charge in [-0.25, -0.2) is 0 Å². The molecule has 0 unspecified atom stereocenters. The number of carbonyl (C=O) groups is 1. The van der Waals surface area contributed by atoms with Gasteiger partial charge in [-0.15, -0.1) is 0 Å². The molecule has 2 N–H and O–H groups in total. The Hall–Kier alpha value is -1.22. The first-order valence-electron chi connectivity index (χ1n) is 4.96. The first kappa shape index (κ1) is 10.3. The Balaban J connectivity index is 2.09. The third-order valence-electron chi connectivity index (χ3n) is 2.69. The lowest BCUT2D eigenvalue weighted by atomic mass is 9.85. The zero-order chi connectivity index (χ0) is 10.8. The molecular formula is C11H12ClNO2. The molecule has 1 fully saturated rings. The monoisotopic (exact) mass is 225 g/mol.